The van der Waals surface area contributed by atoms with Gasteiger partial charge in [-0.2, -0.15) is 5.10 Å². The summed E-state index contributed by atoms with van der Waals surface area (Å²) < 4.78 is 1.87. The minimum absolute atomic E-state index is 0.0241. The molecule has 138 valence electrons. The van der Waals surface area contributed by atoms with Crippen LogP contribution in [0.3, 0.4) is 0 Å². The maximum atomic E-state index is 12.8. The molecule has 3 heterocycles. The zero-order chi connectivity index (χ0) is 19.3. The van der Waals surface area contributed by atoms with Crippen molar-refractivity contribution in [2.24, 2.45) is 0 Å². The molecular formula is C21H16N4O2S. The number of nitrogens with zero attached hydrogens (tertiary/aromatic N) is 2. The fourth-order valence-electron chi connectivity index (χ4n) is 3.40. The molecule has 7 heteroatoms. The number of hydrogen-bond acceptors (Lipinski definition) is 4. The lowest BCUT2D eigenvalue weighted by molar-refractivity contribution is -0.115. The Balaban J connectivity index is 1.46. The molecule has 0 saturated carbocycles. The molecule has 4 aromatic rings. The second-order valence-electron chi connectivity index (χ2n) is 6.71. The minimum Gasteiger partial charge on any atom is -0.326 e. The van der Waals surface area contributed by atoms with Crippen LogP contribution in [-0.4, -0.2) is 21.6 Å². The molecule has 1 aliphatic heterocycles. The van der Waals surface area contributed by atoms with Gasteiger partial charge in [0.1, 0.15) is 4.83 Å². The molecule has 2 amide bonds. The van der Waals surface area contributed by atoms with Gasteiger partial charge < -0.3 is 10.6 Å². The molecule has 0 saturated heterocycles. The van der Waals surface area contributed by atoms with E-state index in [4.69, 9.17) is 0 Å². The zero-order valence-electron chi connectivity index (χ0n) is 15.0. The Labute approximate surface area is 164 Å². The van der Waals surface area contributed by atoms with Gasteiger partial charge in [-0.15, -0.1) is 11.3 Å². The predicted octanol–water partition coefficient (Wildman–Crippen LogP) is 4.14. The molecule has 1 aliphatic rings. The predicted molar refractivity (Wildman–Crippen MR) is 110 cm³/mol. The van der Waals surface area contributed by atoms with Gasteiger partial charge in [0.25, 0.3) is 5.91 Å². The molecule has 0 aliphatic carbocycles. The number of rotatable bonds is 3. The number of fused-ring (bicyclic) bond motifs is 2. The molecule has 0 bridgehead atoms. The van der Waals surface area contributed by atoms with E-state index >= 15 is 0 Å². The number of amides is 2. The van der Waals surface area contributed by atoms with Gasteiger partial charge in [-0.25, -0.2) is 4.68 Å². The highest BCUT2D eigenvalue weighted by atomic mass is 32.1. The molecule has 0 atom stereocenters. The van der Waals surface area contributed by atoms with Gasteiger partial charge >= 0.3 is 0 Å². The number of thiophene rings is 1. The standard InChI is InChI=1S/C21H16N4O2S/c1-12-16-11-18(28-21(16)25(24-12)15-5-3-2-4-6-15)20(27)22-14-7-8-17-13(9-14)10-19(26)23-17/h2-9,11H,10H2,1H3,(H,22,27)(H,23,26). The molecule has 5 rings (SSSR count). The molecule has 6 nitrogen and oxygen atoms in total. The highest BCUT2D eigenvalue weighted by molar-refractivity contribution is 7.20. The van der Waals surface area contributed by atoms with Crippen LogP contribution in [0.5, 0.6) is 0 Å². The Bertz CT molecular complexity index is 1240. The van der Waals surface area contributed by atoms with Crippen LogP contribution in [-0.2, 0) is 11.2 Å². The van der Waals surface area contributed by atoms with Gasteiger partial charge in [-0.05, 0) is 48.9 Å². The third-order valence-corrected chi connectivity index (χ3v) is 5.87. The van der Waals surface area contributed by atoms with Crippen molar-refractivity contribution in [2.45, 2.75) is 13.3 Å². The lowest BCUT2D eigenvalue weighted by Gasteiger charge is -2.06. The Morgan fingerprint density at radius 1 is 1.18 bits per heavy atom. The van der Waals surface area contributed by atoms with Crippen LogP contribution in [0.1, 0.15) is 20.9 Å². The average Bonchev–Trinajstić information content (AvgIpc) is 3.36. The Kier molecular flexibility index (Phi) is 3.77. The first-order valence-corrected chi connectivity index (χ1v) is 9.69. The van der Waals surface area contributed by atoms with Crippen molar-refractivity contribution in [1.82, 2.24) is 9.78 Å². The summed E-state index contributed by atoms with van der Waals surface area (Å²) in [5, 5.41) is 11.3. The van der Waals surface area contributed by atoms with Crippen molar-refractivity contribution < 1.29 is 9.59 Å². The molecule has 0 radical (unpaired) electrons. The number of carbonyl (C=O) groups excluding carboxylic acids is 2. The van der Waals surface area contributed by atoms with E-state index in [0.29, 0.717) is 17.0 Å². The van der Waals surface area contributed by atoms with Crippen LogP contribution in [0.4, 0.5) is 11.4 Å². The van der Waals surface area contributed by atoms with E-state index in [2.05, 4.69) is 15.7 Å². The maximum absolute atomic E-state index is 12.8. The number of hydrogen-bond donors (Lipinski definition) is 2. The quantitative estimate of drug-likeness (QED) is 0.554. The topological polar surface area (TPSA) is 76.0 Å². The van der Waals surface area contributed by atoms with Crippen molar-refractivity contribution in [2.75, 3.05) is 10.6 Å². The molecule has 0 fully saturated rings. The second-order valence-corrected chi connectivity index (χ2v) is 7.74. The van der Waals surface area contributed by atoms with Crippen LogP contribution < -0.4 is 10.6 Å². The molecule has 0 unspecified atom stereocenters. The zero-order valence-corrected chi connectivity index (χ0v) is 15.8. The largest absolute Gasteiger partial charge is 0.326 e. The first-order chi connectivity index (χ1) is 13.6. The van der Waals surface area contributed by atoms with E-state index in [1.807, 2.05) is 60.1 Å². The molecular weight excluding hydrogens is 372 g/mol. The summed E-state index contributed by atoms with van der Waals surface area (Å²) in [7, 11) is 0. The maximum Gasteiger partial charge on any atom is 0.265 e. The van der Waals surface area contributed by atoms with Gasteiger partial charge in [-0.3, -0.25) is 9.59 Å². The number of nitrogens with one attached hydrogen (secondary N) is 2. The summed E-state index contributed by atoms with van der Waals surface area (Å²) in [6.45, 7) is 1.95. The summed E-state index contributed by atoms with van der Waals surface area (Å²) in [6, 6.07) is 17.2. The second kappa shape index (κ2) is 6.31. The van der Waals surface area contributed by atoms with Crippen LogP contribution in [0.25, 0.3) is 15.9 Å². The average molecular weight is 388 g/mol. The fraction of sp³-hybridized carbons (Fsp3) is 0.0952. The van der Waals surface area contributed by atoms with E-state index in [1.54, 1.807) is 6.07 Å². The molecule has 2 N–H and O–H groups in total. The van der Waals surface area contributed by atoms with E-state index in [1.165, 1.54) is 11.3 Å². The number of aryl methyl sites for hydroxylation is 1. The van der Waals surface area contributed by atoms with E-state index in [0.717, 1.165) is 32.8 Å². The van der Waals surface area contributed by atoms with Crippen molar-refractivity contribution in [1.29, 1.82) is 0 Å². The van der Waals surface area contributed by atoms with E-state index < -0.39 is 0 Å². The fourth-order valence-corrected chi connectivity index (χ4v) is 4.48. The number of aromatic nitrogens is 2. The van der Waals surface area contributed by atoms with E-state index in [-0.39, 0.29) is 11.8 Å². The summed E-state index contributed by atoms with van der Waals surface area (Å²) in [6.07, 6.45) is 0.341. The first-order valence-electron chi connectivity index (χ1n) is 8.87. The highest BCUT2D eigenvalue weighted by Crippen LogP contribution is 2.31. The Morgan fingerprint density at radius 2 is 2.00 bits per heavy atom. The van der Waals surface area contributed by atoms with Crippen molar-refractivity contribution >= 4 is 44.7 Å². The smallest absolute Gasteiger partial charge is 0.265 e. The molecule has 2 aromatic carbocycles. The Morgan fingerprint density at radius 3 is 2.82 bits per heavy atom. The minimum atomic E-state index is -0.169. The number of anilines is 2. The first kappa shape index (κ1) is 16.7. The van der Waals surface area contributed by atoms with Crippen LogP contribution in [0.2, 0.25) is 0 Å². The third-order valence-electron chi connectivity index (χ3n) is 4.76. The van der Waals surface area contributed by atoms with Gasteiger partial charge in [0.05, 0.1) is 22.7 Å². The number of benzene rings is 2. The summed E-state index contributed by atoms with van der Waals surface area (Å²) >= 11 is 1.41. The molecule has 28 heavy (non-hydrogen) atoms. The summed E-state index contributed by atoms with van der Waals surface area (Å²) in [5.74, 6) is -0.193. The van der Waals surface area contributed by atoms with E-state index in [9.17, 15) is 9.59 Å². The van der Waals surface area contributed by atoms with Crippen molar-refractivity contribution in [3.8, 4) is 5.69 Å². The van der Waals surface area contributed by atoms with Gasteiger partial charge in [0.2, 0.25) is 5.91 Å². The third kappa shape index (κ3) is 2.76. The Hall–Kier alpha value is -3.45. The number of para-hydroxylation sites is 1. The SMILES string of the molecule is Cc1nn(-c2ccccc2)c2sc(C(=O)Nc3ccc4c(c3)CC(=O)N4)cc12. The van der Waals surface area contributed by atoms with Crippen molar-refractivity contribution in [3.05, 3.63) is 70.7 Å². The normalized spacial score (nSPS) is 12.8. The number of carbonyl (C=O) groups is 2. The molecule has 2 aromatic heterocycles. The molecule has 0 spiro atoms. The van der Waals surface area contributed by atoms with Crippen LogP contribution in [0, 0.1) is 6.92 Å². The lowest BCUT2D eigenvalue weighted by Crippen LogP contribution is -2.10. The summed E-state index contributed by atoms with van der Waals surface area (Å²) in [4.78, 5) is 25.9. The van der Waals surface area contributed by atoms with Crippen LogP contribution >= 0.6 is 11.3 Å². The summed E-state index contributed by atoms with van der Waals surface area (Å²) in [5.41, 5.74) is 4.23. The van der Waals surface area contributed by atoms with Crippen LogP contribution in [0.15, 0.2) is 54.6 Å². The van der Waals surface area contributed by atoms with Crippen molar-refractivity contribution in [3.63, 3.8) is 0 Å². The van der Waals surface area contributed by atoms with Gasteiger partial charge in [0, 0.05) is 16.8 Å². The monoisotopic (exact) mass is 388 g/mol. The van der Waals surface area contributed by atoms with Gasteiger partial charge in [-0.1, -0.05) is 18.2 Å². The van der Waals surface area contributed by atoms with Gasteiger partial charge in [0.15, 0.2) is 0 Å². The lowest BCUT2D eigenvalue weighted by atomic mass is 10.1. The highest BCUT2D eigenvalue weighted by Gasteiger charge is 2.20.